The summed E-state index contributed by atoms with van der Waals surface area (Å²) in [5.74, 6) is 0.800. The van der Waals surface area contributed by atoms with Crippen molar-refractivity contribution in [3.63, 3.8) is 0 Å². The lowest BCUT2D eigenvalue weighted by Crippen LogP contribution is -2.24. The van der Waals surface area contributed by atoms with Gasteiger partial charge in [-0.3, -0.25) is 15.0 Å². The zero-order valence-corrected chi connectivity index (χ0v) is 12.6. The van der Waals surface area contributed by atoms with Gasteiger partial charge in [-0.15, -0.1) is 0 Å². The van der Waals surface area contributed by atoms with Gasteiger partial charge < -0.3 is 10.1 Å². The van der Waals surface area contributed by atoms with Crippen LogP contribution in [0, 0.1) is 0 Å². The molecule has 7 heteroatoms. The van der Waals surface area contributed by atoms with Crippen LogP contribution in [-0.4, -0.2) is 33.7 Å². The molecular weight excluding hydrogens is 296 g/mol. The van der Waals surface area contributed by atoms with Gasteiger partial charge in [0.2, 0.25) is 0 Å². The third kappa shape index (κ3) is 5.76. The fourth-order valence-electron chi connectivity index (χ4n) is 1.73. The molecule has 0 bridgehead atoms. The molecule has 7 nitrogen and oxygen atoms in total. The lowest BCUT2D eigenvalue weighted by atomic mass is 10.3. The van der Waals surface area contributed by atoms with Crippen molar-refractivity contribution >= 4 is 17.8 Å². The van der Waals surface area contributed by atoms with Crippen LogP contribution in [0.2, 0.25) is 0 Å². The van der Waals surface area contributed by atoms with E-state index in [2.05, 4.69) is 15.3 Å². The summed E-state index contributed by atoms with van der Waals surface area (Å²) in [7, 11) is 0. The van der Waals surface area contributed by atoms with Crippen LogP contribution in [0.5, 0.6) is 5.75 Å². The molecule has 0 radical (unpaired) electrons. The lowest BCUT2D eigenvalue weighted by Gasteiger charge is -2.15. The Balaban J connectivity index is 1.83. The Hall–Kier alpha value is -2.93. The van der Waals surface area contributed by atoms with E-state index >= 15 is 0 Å². The molecule has 0 saturated heterocycles. The molecule has 0 aliphatic carbocycles. The maximum absolute atomic E-state index is 10.9. The SMILES string of the molecule is C[C@H](COc1ccccc1)Nc1cnc(/C=C/C(=O)NO)cn1. The van der Waals surface area contributed by atoms with Crippen molar-refractivity contribution in [2.45, 2.75) is 13.0 Å². The van der Waals surface area contributed by atoms with E-state index in [1.165, 1.54) is 17.8 Å². The number of para-hydroxylation sites is 1. The van der Waals surface area contributed by atoms with Gasteiger partial charge in [0.25, 0.3) is 5.91 Å². The van der Waals surface area contributed by atoms with Crippen LogP contribution in [0.25, 0.3) is 6.08 Å². The van der Waals surface area contributed by atoms with Gasteiger partial charge in [0.05, 0.1) is 24.1 Å². The molecule has 23 heavy (non-hydrogen) atoms. The van der Waals surface area contributed by atoms with Crippen LogP contribution in [0.15, 0.2) is 48.8 Å². The van der Waals surface area contributed by atoms with Crippen molar-refractivity contribution in [2.75, 3.05) is 11.9 Å². The minimum Gasteiger partial charge on any atom is -0.491 e. The molecule has 0 fully saturated rings. The quantitative estimate of drug-likeness (QED) is 0.410. The van der Waals surface area contributed by atoms with Gasteiger partial charge in [0.15, 0.2) is 0 Å². The maximum Gasteiger partial charge on any atom is 0.267 e. The molecule has 1 heterocycles. The van der Waals surface area contributed by atoms with Crippen molar-refractivity contribution in [3.8, 4) is 5.75 Å². The number of aromatic nitrogens is 2. The van der Waals surface area contributed by atoms with Gasteiger partial charge in [-0.25, -0.2) is 10.5 Å². The molecule has 0 spiro atoms. The van der Waals surface area contributed by atoms with Gasteiger partial charge >= 0.3 is 0 Å². The van der Waals surface area contributed by atoms with Crippen LogP contribution < -0.4 is 15.5 Å². The number of carbonyl (C=O) groups is 1. The highest BCUT2D eigenvalue weighted by Crippen LogP contribution is 2.10. The van der Waals surface area contributed by atoms with E-state index in [4.69, 9.17) is 9.94 Å². The number of anilines is 1. The van der Waals surface area contributed by atoms with Crippen LogP contribution in [0.3, 0.4) is 0 Å². The molecule has 0 aliphatic heterocycles. The largest absolute Gasteiger partial charge is 0.491 e. The second-order valence-electron chi connectivity index (χ2n) is 4.81. The molecule has 1 amide bonds. The monoisotopic (exact) mass is 314 g/mol. The van der Waals surface area contributed by atoms with E-state index in [0.29, 0.717) is 18.1 Å². The minimum atomic E-state index is -0.624. The normalized spacial score (nSPS) is 11.9. The Morgan fingerprint density at radius 2 is 2.09 bits per heavy atom. The smallest absolute Gasteiger partial charge is 0.267 e. The Morgan fingerprint density at radius 1 is 1.30 bits per heavy atom. The molecule has 120 valence electrons. The Labute approximate surface area is 134 Å². The number of benzene rings is 1. The van der Waals surface area contributed by atoms with E-state index in [1.807, 2.05) is 37.3 Å². The second-order valence-corrected chi connectivity index (χ2v) is 4.81. The number of hydrogen-bond acceptors (Lipinski definition) is 6. The average molecular weight is 314 g/mol. The standard InChI is InChI=1S/C16H18N4O3/c1-12(11-23-14-5-3-2-4-6-14)19-15-10-17-13(9-18-15)7-8-16(21)20-22/h2-10,12,22H,11H2,1H3,(H,18,19)(H,20,21)/b8-7+/t12-/m1/s1. The van der Waals surface area contributed by atoms with E-state index in [0.717, 1.165) is 11.8 Å². The summed E-state index contributed by atoms with van der Waals surface area (Å²) in [5.41, 5.74) is 2.01. The minimum absolute atomic E-state index is 0.0473. The lowest BCUT2D eigenvalue weighted by molar-refractivity contribution is -0.124. The topological polar surface area (TPSA) is 96.4 Å². The highest BCUT2D eigenvalue weighted by Gasteiger charge is 2.04. The van der Waals surface area contributed by atoms with E-state index in [-0.39, 0.29) is 6.04 Å². The van der Waals surface area contributed by atoms with Gasteiger partial charge in [-0.1, -0.05) is 18.2 Å². The Kier molecular flexibility index (Phi) is 6.07. The fraction of sp³-hybridized carbons (Fsp3) is 0.188. The van der Waals surface area contributed by atoms with Crippen molar-refractivity contribution < 1.29 is 14.7 Å². The first-order chi connectivity index (χ1) is 11.2. The predicted octanol–water partition coefficient (Wildman–Crippen LogP) is 1.87. The third-order valence-corrected chi connectivity index (χ3v) is 2.82. The molecule has 1 aromatic carbocycles. The zero-order valence-electron chi connectivity index (χ0n) is 12.6. The molecule has 1 atom stereocenters. The van der Waals surface area contributed by atoms with Gasteiger partial charge in [-0.2, -0.15) is 0 Å². The molecule has 1 aromatic heterocycles. The number of carbonyl (C=O) groups excluding carboxylic acids is 1. The summed E-state index contributed by atoms with van der Waals surface area (Å²) < 4.78 is 5.65. The van der Waals surface area contributed by atoms with Gasteiger partial charge in [-0.05, 0) is 25.1 Å². The molecule has 0 aliphatic rings. The summed E-state index contributed by atoms with van der Waals surface area (Å²) in [6, 6.07) is 9.62. The molecule has 2 rings (SSSR count). The van der Waals surface area contributed by atoms with Crippen LogP contribution in [0.4, 0.5) is 5.82 Å². The second kappa shape index (κ2) is 8.50. The Morgan fingerprint density at radius 3 is 2.74 bits per heavy atom. The number of nitrogens with one attached hydrogen (secondary N) is 2. The molecule has 3 N–H and O–H groups in total. The number of amides is 1. The number of rotatable bonds is 7. The predicted molar refractivity (Wildman–Crippen MR) is 86.0 cm³/mol. The summed E-state index contributed by atoms with van der Waals surface area (Å²) in [6.07, 6.45) is 5.70. The molecule has 2 aromatic rings. The van der Waals surface area contributed by atoms with E-state index < -0.39 is 5.91 Å². The first kappa shape index (κ1) is 16.4. The molecule has 0 saturated carbocycles. The number of nitrogens with zero attached hydrogens (tertiary/aromatic N) is 2. The number of ether oxygens (including phenoxy) is 1. The molecule has 0 unspecified atom stereocenters. The van der Waals surface area contributed by atoms with Crippen molar-refractivity contribution in [2.24, 2.45) is 0 Å². The van der Waals surface area contributed by atoms with Crippen LogP contribution in [-0.2, 0) is 4.79 Å². The molecular formula is C16H18N4O3. The Bertz CT molecular complexity index is 644. The van der Waals surface area contributed by atoms with Crippen molar-refractivity contribution in [3.05, 3.63) is 54.5 Å². The first-order valence-electron chi connectivity index (χ1n) is 7.06. The zero-order chi connectivity index (χ0) is 16.5. The van der Waals surface area contributed by atoms with Crippen LogP contribution in [0.1, 0.15) is 12.6 Å². The summed E-state index contributed by atoms with van der Waals surface area (Å²) in [5, 5.41) is 11.6. The van der Waals surface area contributed by atoms with Crippen molar-refractivity contribution in [1.82, 2.24) is 15.4 Å². The third-order valence-electron chi connectivity index (χ3n) is 2.82. The van der Waals surface area contributed by atoms with Crippen molar-refractivity contribution in [1.29, 1.82) is 0 Å². The highest BCUT2D eigenvalue weighted by molar-refractivity contribution is 5.90. The van der Waals surface area contributed by atoms with Gasteiger partial charge in [0.1, 0.15) is 18.2 Å². The maximum atomic E-state index is 10.9. The van der Waals surface area contributed by atoms with Gasteiger partial charge in [0, 0.05) is 6.08 Å². The first-order valence-corrected chi connectivity index (χ1v) is 7.06. The average Bonchev–Trinajstić information content (AvgIpc) is 2.60. The summed E-state index contributed by atoms with van der Waals surface area (Å²) >= 11 is 0. The van der Waals surface area contributed by atoms with E-state index in [1.54, 1.807) is 6.20 Å². The van der Waals surface area contributed by atoms with Crippen LogP contribution >= 0.6 is 0 Å². The number of hydroxylamine groups is 1. The number of hydrogen-bond donors (Lipinski definition) is 3. The van der Waals surface area contributed by atoms with E-state index in [9.17, 15) is 4.79 Å². The summed E-state index contributed by atoms with van der Waals surface area (Å²) in [4.78, 5) is 19.2. The highest BCUT2D eigenvalue weighted by atomic mass is 16.5. The fourth-order valence-corrected chi connectivity index (χ4v) is 1.73. The summed E-state index contributed by atoms with van der Waals surface area (Å²) in [6.45, 7) is 2.47.